The topological polar surface area (TPSA) is 81.6 Å². The van der Waals surface area contributed by atoms with Crippen LogP contribution >= 0.6 is 0 Å². The quantitative estimate of drug-likeness (QED) is 0.389. The number of fused-ring (bicyclic) bond motifs is 1. The van der Waals surface area contributed by atoms with Crippen LogP contribution in [0.4, 0.5) is 5.69 Å². The number of carbonyl (C=O) groups excluding carboxylic acids is 1. The molecule has 1 atom stereocenters. The van der Waals surface area contributed by atoms with Crippen molar-refractivity contribution in [2.45, 2.75) is 39.0 Å². The van der Waals surface area contributed by atoms with Gasteiger partial charge in [0.05, 0.1) is 0 Å². The Morgan fingerprint density at radius 3 is 2.42 bits per heavy atom. The lowest BCUT2D eigenvalue weighted by Crippen LogP contribution is -2.28. The average molecular weight is 443 g/mol. The third kappa shape index (κ3) is 5.96. The normalized spacial score (nSPS) is 13.7. The van der Waals surface area contributed by atoms with Crippen LogP contribution in [0.25, 0.3) is 17.2 Å². The Labute approximate surface area is 194 Å². The van der Waals surface area contributed by atoms with Crippen molar-refractivity contribution in [1.82, 2.24) is 5.32 Å². The zero-order valence-corrected chi connectivity index (χ0v) is 18.8. The van der Waals surface area contributed by atoms with Gasteiger partial charge in [-0.15, -0.1) is 0 Å². The average Bonchev–Trinajstić information content (AvgIpc) is 2.83. The molecule has 0 radical (unpaired) electrons. The van der Waals surface area contributed by atoms with Crippen LogP contribution in [-0.4, -0.2) is 29.0 Å². The summed E-state index contributed by atoms with van der Waals surface area (Å²) in [6.07, 6.45) is 3.13. The van der Waals surface area contributed by atoms with Gasteiger partial charge in [0.2, 0.25) is 0 Å². The fourth-order valence-electron chi connectivity index (χ4n) is 3.97. The van der Waals surface area contributed by atoms with E-state index in [1.807, 2.05) is 30.3 Å². The van der Waals surface area contributed by atoms with Crippen LogP contribution in [0.2, 0.25) is 0 Å². The fraction of sp³-hybridized carbons (Fsp3) is 0.250. The molecule has 0 aromatic heterocycles. The van der Waals surface area contributed by atoms with Gasteiger partial charge in [0.1, 0.15) is 6.23 Å². The second-order valence-corrected chi connectivity index (χ2v) is 8.51. The molecule has 5 nitrogen and oxygen atoms in total. The molecule has 1 unspecified atom stereocenters. The minimum Gasteiger partial charge on any atom is -0.396 e. The van der Waals surface area contributed by atoms with Crippen LogP contribution in [0.3, 0.4) is 0 Å². The smallest absolute Gasteiger partial charge is 0.251 e. The highest BCUT2D eigenvalue weighted by atomic mass is 16.3. The second kappa shape index (κ2) is 10.6. The van der Waals surface area contributed by atoms with Crippen LogP contribution in [0.5, 0.6) is 0 Å². The predicted molar refractivity (Wildman–Crippen MR) is 133 cm³/mol. The lowest BCUT2D eigenvalue weighted by Gasteiger charge is -2.18. The van der Waals surface area contributed by atoms with Gasteiger partial charge < -0.3 is 15.5 Å². The SMILES string of the molecule is Cc1ccc(-c2ccc3c(c2)C=C(C(=O)Nc2ccc(CNC(O)CCO)cc2)CC3)cc1. The number of anilines is 1. The molecule has 0 fully saturated rings. The van der Waals surface area contributed by atoms with E-state index in [4.69, 9.17) is 5.11 Å². The van der Waals surface area contributed by atoms with Gasteiger partial charge in [0.15, 0.2) is 0 Å². The maximum atomic E-state index is 12.9. The third-order valence-corrected chi connectivity index (χ3v) is 5.97. The van der Waals surface area contributed by atoms with Crippen LogP contribution < -0.4 is 10.6 Å². The molecule has 1 aliphatic carbocycles. The number of aliphatic hydroxyl groups excluding tert-OH is 2. The van der Waals surface area contributed by atoms with Gasteiger partial charge in [-0.1, -0.05) is 54.1 Å². The molecule has 3 aromatic carbocycles. The van der Waals surface area contributed by atoms with Crippen molar-refractivity contribution >= 4 is 17.7 Å². The zero-order valence-electron chi connectivity index (χ0n) is 18.8. The molecular formula is C28H30N2O3. The van der Waals surface area contributed by atoms with Gasteiger partial charge in [-0.05, 0) is 71.9 Å². The van der Waals surface area contributed by atoms with E-state index in [9.17, 15) is 9.90 Å². The summed E-state index contributed by atoms with van der Waals surface area (Å²) >= 11 is 0. The zero-order chi connectivity index (χ0) is 23.2. The number of benzene rings is 3. The Morgan fingerprint density at radius 1 is 0.970 bits per heavy atom. The molecule has 0 saturated carbocycles. The monoisotopic (exact) mass is 442 g/mol. The molecule has 5 heteroatoms. The summed E-state index contributed by atoms with van der Waals surface area (Å²) in [5.74, 6) is -0.0781. The highest BCUT2D eigenvalue weighted by Gasteiger charge is 2.17. The summed E-state index contributed by atoms with van der Waals surface area (Å²) < 4.78 is 0. The summed E-state index contributed by atoms with van der Waals surface area (Å²) in [7, 11) is 0. The fourth-order valence-corrected chi connectivity index (χ4v) is 3.97. The first-order valence-electron chi connectivity index (χ1n) is 11.3. The number of hydrogen-bond acceptors (Lipinski definition) is 4. The minimum atomic E-state index is -0.734. The van der Waals surface area contributed by atoms with Gasteiger partial charge >= 0.3 is 0 Å². The van der Waals surface area contributed by atoms with E-state index in [-0.39, 0.29) is 12.5 Å². The lowest BCUT2D eigenvalue weighted by atomic mass is 9.89. The Hall–Kier alpha value is -3.25. The van der Waals surface area contributed by atoms with Gasteiger partial charge in [-0.3, -0.25) is 10.1 Å². The molecule has 1 aliphatic rings. The van der Waals surface area contributed by atoms with E-state index in [1.165, 1.54) is 16.7 Å². The molecule has 0 saturated heterocycles. The first kappa shape index (κ1) is 22.9. The Morgan fingerprint density at radius 2 is 1.70 bits per heavy atom. The van der Waals surface area contributed by atoms with Crippen LogP contribution in [0.15, 0.2) is 72.3 Å². The van der Waals surface area contributed by atoms with E-state index in [1.54, 1.807) is 0 Å². The molecule has 33 heavy (non-hydrogen) atoms. The molecule has 4 rings (SSSR count). The summed E-state index contributed by atoms with van der Waals surface area (Å²) in [5, 5.41) is 24.4. The molecule has 170 valence electrons. The number of amides is 1. The summed E-state index contributed by atoms with van der Waals surface area (Å²) in [5.41, 5.74) is 8.43. The Kier molecular flexibility index (Phi) is 7.35. The maximum Gasteiger partial charge on any atom is 0.251 e. The molecule has 0 spiro atoms. The van der Waals surface area contributed by atoms with Crippen molar-refractivity contribution in [3.8, 4) is 11.1 Å². The van der Waals surface area contributed by atoms with Gasteiger partial charge in [0, 0.05) is 30.8 Å². The molecule has 4 N–H and O–H groups in total. The highest BCUT2D eigenvalue weighted by molar-refractivity contribution is 6.07. The lowest BCUT2D eigenvalue weighted by molar-refractivity contribution is -0.112. The van der Waals surface area contributed by atoms with E-state index < -0.39 is 6.23 Å². The molecule has 0 bridgehead atoms. The van der Waals surface area contributed by atoms with E-state index >= 15 is 0 Å². The molecule has 0 heterocycles. The van der Waals surface area contributed by atoms with Crippen LogP contribution in [0.1, 0.15) is 35.1 Å². The number of nitrogens with one attached hydrogen (secondary N) is 2. The largest absolute Gasteiger partial charge is 0.396 e. The standard InChI is InChI=1S/C28H30N2O3/c1-19-2-6-21(7-3-19)23-10-8-22-9-11-24(17-25(22)16-23)28(33)30-26-12-4-20(5-13-26)18-29-27(32)14-15-31/h2-8,10,12-13,16-17,27,29,31-32H,9,11,14-15,18H2,1H3,(H,30,33). The molecule has 1 amide bonds. The molecular weight excluding hydrogens is 412 g/mol. The number of carbonyl (C=O) groups is 1. The van der Waals surface area contributed by atoms with E-state index in [2.05, 4.69) is 60.0 Å². The summed E-state index contributed by atoms with van der Waals surface area (Å²) in [6.45, 7) is 2.51. The van der Waals surface area contributed by atoms with Crippen molar-refractivity contribution < 1.29 is 15.0 Å². The van der Waals surface area contributed by atoms with Gasteiger partial charge in [0.25, 0.3) is 5.91 Å². The number of hydrogen-bond donors (Lipinski definition) is 4. The highest BCUT2D eigenvalue weighted by Crippen LogP contribution is 2.29. The summed E-state index contributed by atoms with van der Waals surface area (Å²) in [4.78, 5) is 12.9. The molecule has 3 aromatic rings. The van der Waals surface area contributed by atoms with Crippen molar-refractivity contribution in [3.63, 3.8) is 0 Å². The number of rotatable bonds is 8. The maximum absolute atomic E-state index is 12.9. The predicted octanol–water partition coefficient (Wildman–Crippen LogP) is 4.42. The van der Waals surface area contributed by atoms with Crippen molar-refractivity contribution in [3.05, 3.63) is 94.6 Å². The van der Waals surface area contributed by atoms with Gasteiger partial charge in [-0.25, -0.2) is 0 Å². The van der Waals surface area contributed by atoms with E-state index in [0.29, 0.717) is 19.4 Å². The second-order valence-electron chi connectivity index (χ2n) is 8.51. The summed E-state index contributed by atoms with van der Waals surface area (Å²) in [6, 6.07) is 22.5. The van der Waals surface area contributed by atoms with Crippen molar-refractivity contribution in [2.24, 2.45) is 0 Å². The van der Waals surface area contributed by atoms with Crippen molar-refractivity contribution in [2.75, 3.05) is 11.9 Å². The van der Waals surface area contributed by atoms with Crippen LogP contribution in [-0.2, 0) is 17.8 Å². The van der Waals surface area contributed by atoms with Crippen molar-refractivity contribution in [1.29, 1.82) is 0 Å². The first-order chi connectivity index (χ1) is 16.0. The van der Waals surface area contributed by atoms with E-state index in [0.717, 1.165) is 34.4 Å². The van der Waals surface area contributed by atoms with Gasteiger partial charge in [-0.2, -0.15) is 0 Å². The Bertz CT molecular complexity index is 1130. The number of aryl methyl sites for hydroxylation is 2. The van der Waals surface area contributed by atoms with Crippen LogP contribution in [0, 0.1) is 6.92 Å². The molecule has 0 aliphatic heterocycles. The Balaban J connectivity index is 1.42. The first-order valence-corrected chi connectivity index (χ1v) is 11.3. The minimum absolute atomic E-state index is 0.0628. The number of aliphatic hydroxyl groups is 2. The third-order valence-electron chi connectivity index (χ3n) is 5.97.